The second-order valence-corrected chi connectivity index (χ2v) is 4.55. The van der Waals surface area contributed by atoms with Crippen LogP contribution in [0, 0.1) is 0 Å². The van der Waals surface area contributed by atoms with Gasteiger partial charge in [0.25, 0.3) is 0 Å². The Morgan fingerprint density at radius 2 is 1.70 bits per heavy atom. The van der Waals surface area contributed by atoms with Gasteiger partial charge in [0.15, 0.2) is 0 Å². The minimum atomic E-state index is -1.00. The van der Waals surface area contributed by atoms with E-state index in [0.29, 0.717) is 16.4 Å². The number of carboxylic acid groups (broad SMARTS) is 1. The Kier molecular flexibility index (Phi) is 4.38. The second-order valence-electron chi connectivity index (χ2n) is 4.14. The molecule has 0 heterocycles. The lowest BCUT2D eigenvalue weighted by Crippen LogP contribution is -2.05. The van der Waals surface area contributed by atoms with E-state index < -0.39 is 5.97 Å². The van der Waals surface area contributed by atoms with Crippen LogP contribution in [0.4, 0.5) is 5.69 Å². The molecule has 0 bridgehead atoms. The lowest BCUT2D eigenvalue weighted by Gasteiger charge is -2.07. The highest BCUT2D eigenvalue weighted by Gasteiger charge is 2.08. The molecule has 0 amide bonds. The van der Waals surface area contributed by atoms with Crippen LogP contribution in [-0.2, 0) is 0 Å². The first kappa shape index (κ1) is 14.1. The number of aromatic carboxylic acids is 1. The molecule has 20 heavy (non-hydrogen) atoms. The Balaban J connectivity index is 2.26. The average molecular weight is 289 g/mol. The Hall–Kier alpha value is -2.33. The molecule has 2 aromatic carbocycles. The Bertz CT molecular complexity index is 668. The van der Waals surface area contributed by atoms with Gasteiger partial charge < -0.3 is 5.11 Å². The summed E-state index contributed by atoms with van der Waals surface area (Å²) in [5, 5.41) is 13.9. The molecular formula is C15H13ClN2O2. The Morgan fingerprint density at radius 1 is 1.10 bits per heavy atom. The van der Waals surface area contributed by atoms with Gasteiger partial charge in [-0.25, -0.2) is 4.79 Å². The van der Waals surface area contributed by atoms with Gasteiger partial charge in [-0.2, -0.15) is 5.10 Å². The number of hydrazone groups is 1. The van der Waals surface area contributed by atoms with E-state index in [4.69, 9.17) is 16.7 Å². The predicted molar refractivity (Wildman–Crippen MR) is 80.7 cm³/mol. The number of nitrogens with zero attached hydrogens (tertiary/aromatic N) is 1. The third-order valence-corrected chi connectivity index (χ3v) is 3.09. The molecule has 0 unspecified atom stereocenters. The molecule has 0 saturated carbocycles. The number of rotatable bonds is 4. The molecular weight excluding hydrogens is 276 g/mol. The number of anilines is 1. The summed E-state index contributed by atoms with van der Waals surface area (Å²) in [7, 11) is 0. The highest BCUT2D eigenvalue weighted by Crippen LogP contribution is 2.18. The van der Waals surface area contributed by atoms with Crippen LogP contribution in [-0.4, -0.2) is 16.8 Å². The lowest BCUT2D eigenvalue weighted by molar-refractivity contribution is 0.0698. The minimum Gasteiger partial charge on any atom is -0.478 e. The maximum atomic E-state index is 11.1. The van der Waals surface area contributed by atoms with E-state index in [1.807, 2.05) is 18.2 Å². The number of hydrogen-bond acceptors (Lipinski definition) is 3. The zero-order valence-electron chi connectivity index (χ0n) is 10.8. The molecule has 0 aromatic heterocycles. The zero-order valence-corrected chi connectivity index (χ0v) is 11.6. The average Bonchev–Trinajstić information content (AvgIpc) is 2.45. The molecule has 102 valence electrons. The quantitative estimate of drug-likeness (QED) is 0.663. The standard InChI is InChI=1S/C15H13ClN2O2/c1-10(11-6-2-4-8-13(11)16)17-18-14-9-5-3-7-12(14)15(19)20/h2-9,18H,1H3,(H,19,20)/b17-10+. The fraction of sp³-hybridized carbons (Fsp3) is 0.0667. The number of nitrogens with one attached hydrogen (secondary N) is 1. The van der Waals surface area contributed by atoms with Crippen molar-refractivity contribution in [2.45, 2.75) is 6.92 Å². The fourth-order valence-corrected chi connectivity index (χ4v) is 2.00. The van der Waals surface area contributed by atoms with Crippen molar-refractivity contribution in [1.29, 1.82) is 0 Å². The summed E-state index contributed by atoms with van der Waals surface area (Å²) < 4.78 is 0. The van der Waals surface area contributed by atoms with Crippen molar-refractivity contribution >= 4 is 29.0 Å². The molecule has 0 saturated heterocycles. The molecule has 0 aliphatic heterocycles. The van der Waals surface area contributed by atoms with Crippen LogP contribution in [0.3, 0.4) is 0 Å². The summed E-state index contributed by atoms with van der Waals surface area (Å²) in [5.41, 5.74) is 4.85. The third kappa shape index (κ3) is 3.16. The summed E-state index contributed by atoms with van der Waals surface area (Å²) in [6, 6.07) is 13.9. The fourth-order valence-electron chi connectivity index (χ4n) is 1.73. The highest BCUT2D eigenvalue weighted by atomic mass is 35.5. The number of halogens is 1. The van der Waals surface area contributed by atoms with E-state index in [1.165, 1.54) is 6.07 Å². The topological polar surface area (TPSA) is 61.7 Å². The zero-order chi connectivity index (χ0) is 14.5. The number of carbonyl (C=O) groups is 1. The van der Waals surface area contributed by atoms with Gasteiger partial charge in [-0.3, -0.25) is 5.43 Å². The van der Waals surface area contributed by atoms with Crippen molar-refractivity contribution < 1.29 is 9.90 Å². The van der Waals surface area contributed by atoms with Gasteiger partial charge in [0, 0.05) is 10.6 Å². The molecule has 0 spiro atoms. The van der Waals surface area contributed by atoms with Crippen LogP contribution >= 0.6 is 11.6 Å². The van der Waals surface area contributed by atoms with Gasteiger partial charge in [0.2, 0.25) is 0 Å². The van der Waals surface area contributed by atoms with Crippen LogP contribution in [0.5, 0.6) is 0 Å². The number of hydrogen-bond donors (Lipinski definition) is 2. The van der Waals surface area contributed by atoms with Crippen molar-refractivity contribution in [2.24, 2.45) is 5.10 Å². The van der Waals surface area contributed by atoms with Crippen molar-refractivity contribution in [3.63, 3.8) is 0 Å². The first-order valence-electron chi connectivity index (χ1n) is 5.97. The predicted octanol–water partition coefficient (Wildman–Crippen LogP) is 3.87. The van der Waals surface area contributed by atoms with Crippen molar-refractivity contribution in [3.8, 4) is 0 Å². The number of para-hydroxylation sites is 1. The largest absolute Gasteiger partial charge is 0.478 e. The highest BCUT2D eigenvalue weighted by molar-refractivity contribution is 6.34. The molecule has 0 aliphatic carbocycles. The summed E-state index contributed by atoms with van der Waals surface area (Å²) >= 11 is 6.08. The van der Waals surface area contributed by atoms with E-state index in [2.05, 4.69) is 10.5 Å². The maximum absolute atomic E-state index is 11.1. The first-order chi connectivity index (χ1) is 9.59. The van der Waals surface area contributed by atoms with Gasteiger partial charge in [-0.05, 0) is 25.1 Å². The summed E-state index contributed by atoms with van der Waals surface area (Å²) in [4.78, 5) is 11.1. The molecule has 4 nitrogen and oxygen atoms in total. The van der Waals surface area contributed by atoms with Gasteiger partial charge in [-0.15, -0.1) is 0 Å². The van der Waals surface area contributed by atoms with Crippen LogP contribution < -0.4 is 5.43 Å². The smallest absolute Gasteiger partial charge is 0.337 e. The van der Waals surface area contributed by atoms with Gasteiger partial charge >= 0.3 is 5.97 Å². The van der Waals surface area contributed by atoms with E-state index in [0.717, 1.165) is 5.56 Å². The second kappa shape index (κ2) is 6.21. The molecule has 2 N–H and O–H groups in total. The number of benzene rings is 2. The van der Waals surface area contributed by atoms with Crippen molar-refractivity contribution in [3.05, 3.63) is 64.7 Å². The molecule has 0 radical (unpaired) electrons. The van der Waals surface area contributed by atoms with Gasteiger partial charge in [0.1, 0.15) is 0 Å². The van der Waals surface area contributed by atoms with E-state index in [-0.39, 0.29) is 5.56 Å². The van der Waals surface area contributed by atoms with Gasteiger partial charge in [0.05, 0.1) is 17.0 Å². The van der Waals surface area contributed by atoms with Crippen LogP contribution in [0.2, 0.25) is 5.02 Å². The molecule has 0 aliphatic rings. The molecule has 0 atom stereocenters. The van der Waals surface area contributed by atoms with Crippen LogP contribution in [0.15, 0.2) is 53.6 Å². The van der Waals surface area contributed by atoms with Gasteiger partial charge in [-0.1, -0.05) is 41.9 Å². The van der Waals surface area contributed by atoms with E-state index in [9.17, 15) is 4.79 Å². The Labute approximate surface area is 121 Å². The molecule has 2 aromatic rings. The summed E-state index contributed by atoms with van der Waals surface area (Å²) in [6.07, 6.45) is 0. The first-order valence-corrected chi connectivity index (χ1v) is 6.35. The lowest BCUT2D eigenvalue weighted by atomic mass is 10.1. The number of carboxylic acids is 1. The summed E-state index contributed by atoms with van der Waals surface area (Å²) in [5.74, 6) is -1.00. The SMILES string of the molecule is C/C(=N\Nc1ccccc1C(=O)O)c1ccccc1Cl. The Morgan fingerprint density at radius 3 is 2.35 bits per heavy atom. The monoisotopic (exact) mass is 288 g/mol. The summed E-state index contributed by atoms with van der Waals surface area (Å²) in [6.45, 7) is 1.80. The minimum absolute atomic E-state index is 0.170. The normalized spacial score (nSPS) is 11.2. The maximum Gasteiger partial charge on any atom is 0.337 e. The van der Waals surface area contributed by atoms with Crippen molar-refractivity contribution in [2.75, 3.05) is 5.43 Å². The van der Waals surface area contributed by atoms with E-state index >= 15 is 0 Å². The third-order valence-electron chi connectivity index (χ3n) is 2.77. The van der Waals surface area contributed by atoms with Crippen LogP contribution in [0.1, 0.15) is 22.8 Å². The molecule has 0 fully saturated rings. The molecule has 2 rings (SSSR count). The van der Waals surface area contributed by atoms with Crippen molar-refractivity contribution in [1.82, 2.24) is 0 Å². The van der Waals surface area contributed by atoms with Crippen LogP contribution in [0.25, 0.3) is 0 Å². The van der Waals surface area contributed by atoms with E-state index in [1.54, 1.807) is 31.2 Å². The molecule has 5 heteroatoms.